The fourth-order valence-corrected chi connectivity index (χ4v) is 6.11. The molecular weight excluding hydrogens is 620 g/mol. The van der Waals surface area contributed by atoms with Crippen LogP contribution < -0.4 is 9.64 Å². The van der Waals surface area contributed by atoms with E-state index >= 15 is 0 Å². The molecule has 1 heterocycles. The first-order valence-corrected chi connectivity index (χ1v) is 14.0. The lowest BCUT2D eigenvalue weighted by Gasteiger charge is -2.16. The van der Waals surface area contributed by atoms with Gasteiger partial charge in [0.1, 0.15) is 5.75 Å². The van der Waals surface area contributed by atoms with Crippen LogP contribution in [-0.4, -0.2) is 28.8 Å². The molecule has 1 aliphatic rings. The average Bonchev–Trinajstić information content (AvgIpc) is 3.17. The van der Waals surface area contributed by atoms with Gasteiger partial charge < -0.3 is 9.84 Å². The molecule has 0 aliphatic carbocycles. The second kappa shape index (κ2) is 12.1. The van der Waals surface area contributed by atoms with E-state index < -0.39 is 12.6 Å². The summed E-state index contributed by atoms with van der Waals surface area (Å²) in [4.78, 5) is 31.5. The fourth-order valence-electron chi connectivity index (χ4n) is 3.66. The minimum atomic E-state index is -1.07. The molecule has 0 unspecified atom stereocenters. The smallest absolute Gasteiger partial charge is 0.341 e. The number of aliphatic imine (C=N–C) groups is 1. The molecule has 3 aromatic carbocycles. The van der Waals surface area contributed by atoms with Gasteiger partial charge in [-0.2, -0.15) is 0 Å². The molecule has 190 valence electrons. The molecule has 3 aromatic rings. The Kier molecular flexibility index (Phi) is 8.89. The number of halogens is 2. The van der Waals surface area contributed by atoms with Gasteiger partial charge in [-0.15, -0.1) is 0 Å². The number of ether oxygens (including phenoxy) is 1. The van der Waals surface area contributed by atoms with Crippen molar-refractivity contribution in [2.75, 3.05) is 11.5 Å². The number of thioether (sulfide) groups is 1. The summed E-state index contributed by atoms with van der Waals surface area (Å²) in [5.41, 5.74) is 4.68. The Bertz CT molecular complexity index is 1360. The normalized spacial score (nSPS) is 15.6. The van der Waals surface area contributed by atoms with Crippen LogP contribution in [0.25, 0.3) is 6.08 Å². The van der Waals surface area contributed by atoms with E-state index in [1.807, 2.05) is 48.5 Å². The lowest BCUT2D eigenvalue weighted by Crippen LogP contribution is -2.28. The number of benzene rings is 3. The number of amidine groups is 1. The van der Waals surface area contributed by atoms with Crippen LogP contribution in [0, 0.1) is 0 Å². The Morgan fingerprint density at radius 1 is 1.00 bits per heavy atom. The van der Waals surface area contributed by atoms with Crippen LogP contribution in [0.1, 0.15) is 30.5 Å². The summed E-state index contributed by atoms with van der Waals surface area (Å²) in [5, 5.41) is 9.49. The summed E-state index contributed by atoms with van der Waals surface area (Å²) < 4.78 is 6.50. The Morgan fingerprint density at radius 3 is 2.11 bits per heavy atom. The molecule has 0 saturated carbocycles. The first kappa shape index (κ1) is 27.2. The number of aryl methyl sites for hydroxylation is 2. The number of hydrogen-bond acceptors (Lipinski definition) is 5. The molecule has 1 N–H and O–H groups in total. The zero-order chi connectivity index (χ0) is 26.5. The number of anilines is 1. The van der Waals surface area contributed by atoms with Gasteiger partial charge >= 0.3 is 5.97 Å². The van der Waals surface area contributed by atoms with E-state index in [4.69, 9.17) is 14.8 Å². The third kappa shape index (κ3) is 6.52. The summed E-state index contributed by atoms with van der Waals surface area (Å²) in [6.45, 7) is 3.73. The van der Waals surface area contributed by atoms with Gasteiger partial charge in [-0.1, -0.05) is 38.1 Å². The minimum absolute atomic E-state index is 0.170. The Hall–Kier alpha value is -2.88. The van der Waals surface area contributed by atoms with Crippen molar-refractivity contribution in [1.29, 1.82) is 0 Å². The van der Waals surface area contributed by atoms with Gasteiger partial charge in [-0.05, 0) is 116 Å². The maximum atomic E-state index is 13.6. The molecular formula is C28H24Br2N2O4S. The highest BCUT2D eigenvalue weighted by molar-refractivity contribution is 9.11. The largest absolute Gasteiger partial charge is 0.480 e. The van der Waals surface area contributed by atoms with E-state index in [0.29, 0.717) is 24.8 Å². The third-order valence-electron chi connectivity index (χ3n) is 5.64. The van der Waals surface area contributed by atoms with Crippen molar-refractivity contribution in [3.05, 3.63) is 91.2 Å². The van der Waals surface area contributed by atoms with Crippen LogP contribution in [0.15, 0.2) is 79.5 Å². The number of rotatable bonds is 8. The topological polar surface area (TPSA) is 79.2 Å². The Morgan fingerprint density at radius 2 is 1.57 bits per heavy atom. The minimum Gasteiger partial charge on any atom is -0.480 e. The van der Waals surface area contributed by atoms with Crippen LogP contribution >= 0.6 is 43.6 Å². The van der Waals surface area contributed by atoms with Crippen molar-refractivity contribution >= 4 is 78.1 Å². The Labute approximate surface area is 236 Å². The SMILES string of the molecule is CCc1ccc(N=C2S/C(=C\c3cc(Br)c(OCC(=O)O)c(Br)c3)C(=O)N2c2ccc(CC)cc2)cc1. The summed E-state index contributed by atoms with van der Waals surface area (Å²) in [6.07, 6.45) is 3.65. The Balaban J connectivity index is 1.71. The predicted octanol–water partition coefficient (Wildman–Crippen LogP) is 7.61. The number of carbonyl (C=O) groups excluding carboxylic acids is 1. The predicted molar refractivity (Wildman–Crippen MR) is 157 cm³/mol. The number of hydrogen-bond donors (Lipinski definition) is 1. The number of amides is 1. The van der Waals surface area contributed by atoms with Crippen molar-refractivity contribution in [3.8, 4) is 5.75 Å². The van der Waals surface area contributed by atoms with Crippen molar-refractivity contribution in [2.45, 2.75) is 26.7 Å². The van der Waals surface area contributed by atoms with Crippen LogP contribution in [0.5, 0.6) is 5.75 Å². The van der Waals surface area contributed by atoms with Crippen LogP contribution in [0.2, 0.25) is 0 Å². The average molecular weight is 644 g/mol. The van der Waals surface area contributed by atoms with E-state index in [9.17, 15) is 9.59 Å². The summed E-state index contributed by atoms with van der Waals surface area (Å²) in [6, 6.07) is 19.5. The van der Waals surface area contributed by atoms with Crippen molar-refractivity contribution in [1.82, 2.24) is 0 Å². The van der Waals surface area contributed by atoms with Gasteiger partial charge in [0.15, 0.2) is 11.8 Å². The summed E-state index contributed by atoms with van der Waals surface area (Å²) >= 11 is 8.19. The van der Waals surface area contributed by atoms with E-state index in [2.05, 4.69) is 45.7 Å². The number of carboxylic acid groups (broad SMARTS) is 1. The quantitative estimate of drug-likeness (QED) is 0.256. The first-order chi connectivity index (χ1) is 17.8. The highest BCUT2D eigenvalue weighted by Crippen LogP contribution is 2.40. The van der Waals surface area contributed by atoms with Gasteiger partial charge in [0, 0.05) is 0 Å². The van der Waals surface area contributed by atoms with Gasteiger partial charge in [-0.3, -0.25) is 9.69 Å². The van der Waals surface area contributed by atoms with Gasteiger partial charge in [0.05, 0.1) is 25.2 Å². The standard InChI is InChI=1S/C28H24Br2N2O4S/c1-3-17-5-9-20(10-6-17)31-28-32(21-11-7-18(4-2)8-12-21)27(35)24(37-28)15-19-13-22(29)26(23(30)14-19)36-16-25(33)34/h5-15H,3-4,16H2,1-2H3,(H,33,34)/b24-15-,31-28?. The fraction of sp³-hybridized carbons (Fsp3) is 0.179. The second-order valence-corrected chi connectivity index (χ2v) is 10.9. The molecule has 6 nitrogen and oxygen atoms in total. The zero-order valence-corrected chi connectivity index (χ0v) is 24.2. The van der Waals surface area contributed by atoms with E-state index in [-0.39, 0.29) is 5.91 Å². The number of carbonyl (C=O) groups is 2. The number of carboxylic acids is 1. The molecule has 1 aliphatic heterocycles. The van der Waals surface area contributed by atoms with Crippen molar-refractivity contribution in [2.24, 2.45) is 4.99 Å². The number of aliphatic carboxylic acids is 1. The molecule has 0 atom stereocenters. The van der Waals surface area contributed by atoms with Gasteiger partial charge in [0.25, 0.3) is 5.91 Å². The maximum absolute atomic E-state index is 13.6. The second-order valence-electron chi connectivity index (χ2n) is 8.18. The molecule has 4 rings (SSSR count). The highest BCUT2D eigenvalue weighted by Gasteiger charge is 2.35. The number of nitrogens with zero attached hydrogens (tertiary/aromatic N) is 2. The van der Waals surface area contributed by atoms with Crippen LogP contribution in [0.4, 0.5) is 11.4 Å². The molecule has 0 radical (unpaired) electrons. The molecule has 1 amide bonds. The molecule has 0 aromatic heterocycles. The van der Waals surface area contributed by atoms with E-state index in [1.54, 1.807) is 23.1 Å². The molecule has 0 bridgehead atoms. The monoisotopic (exact) mass is 642 g/mol. The molecule has 37 heavy (non-hydrogen) atoms. The lowest BCUT2D eigenvalue weighted by atomic mass is 10.1. The molecule has 1 saturated heterocycles. The summed E-state index contributed by atoms with van der Waals surface area (Å²) in [7, 11) is 0. The highest BCUT2D eigenvalue weighted by atomic mass is 79.9. The molecule has 9 heteroatoms. The third-order valence-corrected chi connectivity index (χ3v) is 7.78. The van der Waals surface area contributed by atoms with Crippen molar-refractivity contribution in [3.63, 3.8) is 0 Å². The van der Waals surface area contributed by atoms with Crippen molar-refractivity contribution < 1.29 is 19.4 Å². The van der Waals surface area contributed by atoms with Crippen LogP contribution in [-0.2, 0) is 22.4 Å². The van der Waals surface area contributed by atoms with Crippen LogP contribution in [0.3, 0.4) is 0 Å². The van der Waals surface area contributed by atoms with E-state index in [1.165, 1.54) is 22.9 Å². The molecule has 0 spiro atoms. The van der Waals surface area contributed by atoms with Gasteiger partial charge in [-0.25, -0.2) is 9.79 Å². The zero-order valence-electron chi connectivity index (χ0n) is 20.2. The van der Waals surface area contributed by atoms with E-state index in [0.717, 1.165) is 29.8 Å². The lowest BCUT2D eigenvalue weighted by molar-refractivity contribution is -0.139. The maximum Gasteiger partial charge on any atom is 0.341 e. The first-order valence-electron chi connectivity index (χ1n) is 11.6. The molecule has 1 fully saturated rings. The summed E-state index contributed by atoms with van der Waals surface area (Å²) in [5.74, 6) is -0.858. The van der Waals surface area contributed by atoms with Gasteiger partial charge in [0.2, 0.25) is 0 Å².